The van der Waals surface area contributed by atoms with Gasteiger partial charge in [0.25, 0.3) is 11.6 Å². The zero-order valence-electron chi connectivity index (χ0n) is 14.2. The molecule has 2 aromatic rings. The third kappa shape index (κ3) is 5.00. The third-order valence-corrected chi connectivity index (χ3v) is 4.24. The van der Waals surface area contributed by atoms with Crippen LogP contribution in [0.1, 0.15) is 17.3 Å². The molecular weight excluding hydrogens is 382 g/mol. The number of carbonyl (C=O) groups is 2. The summed E-state index contributed by atoms with van der Waals surface area (Å²) in [6, 6.07) is 6.59. The van der Waals surface area contributed by atoms with E-state index >= 15 is 0 Å². The number of ether oxygens (including phenoxy) is 1. The number of anilines is 1. The van der Waals surface area contributed by atoms with Gasteiger partial charge in [0.15, 0.2) is 17.7 Å². The second-order valence-corrected chi connectivity index (χ2v) is 6.16. The van der Waals surface area contributed by atoms with Gasteiger partial charge in [0.05, 0.1) is 15.4 Å². The lowest BCUT2D eigenvalue weighted by molar-refractivity contribution is -0.387. The maximum Gasteiger partial charge on any atom is 0.339 e. The number of thioether (sulfide) groups is 1. The molecule has 2 aromatic carbocycles. The van der Waals surface area contributed by atoms with Crippen LogP contribution >= 0.6 is 11.8 Å². The van der Waals surface area contributed by atoms with Crippen molar-refractivity contribution in [1.82, 2.24) is 0 Å². The van der Waals surface area contributed by atoms with E-state index in [-0.39, 0.29) is 16.9 Å². The number of halogens is 2. The molecule has 2 rings (SSSR count). The van der Waals surface area contributed by atoms with Crippen LogP contribution < -0.4 is 5.32 Å². The Kier molecular flexibility index (Phi) is 6.45. The molecule has 1 N–H and O–H groups in total. The third-order valence-electron chi connectivity index (χ3n) is 3.45. The molecule has 0 saturated carbocycles. The predicted molar refractivity (Wildman–Crippen MR) is 94.7 cm³/mol. The van der Waals surface area contributed by atoms with Gasteiger partial charge in [-0.2, -0.15) is 0 Å². The van der Waals surface area contributed by atoms with Gasteiger partial charge < -0.3 is 10.1 Å². The standard InChI is InChI=1S/C17H14F2N2O5S/c1-9(16(22)20-11-4-5-12(18)13(19)8-11)26-17(23)10-3-6-15(27-2)14(7-10)21(24)25/h3-9H,1-2H3,(H,20,22)/t9-/m0/s1. The van der Waals surface area contributed by atoms with E-state index in [4.69, 9.17) is 4.74 Å². The molecule has 0 aliphatic rings. The Balaban J connectivity index is 2.08. The lowest BCUT2D eigenvalue weighted by Gasteiger charge is -2.14. The number of nitrogens with zero attached hydrogens (tertiary/aromatic N) is 1. The minimum Gasteiger partial charge on any atom is -0.449 e. The van der Waals surface area contributed by atoms with E-state index in [9.17, 15) is 28.5 Å². The summed E-state index contributed by atoms with van der Waals surface area (Å²) in [7, 11) is 0. The van der Waals surface area contributed by atoms with Gasteiger partial charge in [0.2, 0.25) is 0 Å². The number of benzene rings is 2. The van der Waals surface area contributed by atoms with Crippen molar-refractivity contribution >= 4 is 35.0 Å². The zero-order valence-corrected chi connectivity index (χ0v) is 15.0. The van der Waals surface area contributed by atoms with Gasteiger partial charge in [-0.1, -0.05) is 0 Å². The quantitative estimate of drug-likeness (QED) is 0.345. The Bertz CT molecular complexity index is 907. The highest BCUT2D eigenvalue weighted by Crippen LogP contribution is 2.28. The minimum absolute atomic E-state index is 0.0123. The topological polar surface area (TPSA) is 98.5 Å². The number of carbonyl (C=O) groups excluding carboxylic acids is 2. The van der Waals surface area contributed by atoms with Gasteiger partial charge in [0.1, 0.15) is 0 Å². The van der Waals surface area contributed by atoms with Crippen LogP contribution in [0, 0.1) is 21.7 Å². The van der Waals surface area contributed by atoms with Crippen LogP contribution in [0.4, 0.5) is 20.2 Å². The van der Waals surface area contributed by atoms with E-state index in [1.165, 1.54) is 19.1 Å². The van der Waals surface area contributed by atoms with Crippen molar-refractivity contribution in [2.24, 2.45) is 0 Å². The second kappa shape index (κ2) is 8.58. The van der Waals surface area contributed by atoms with Crippen LogP contribution in [0.5, 0.6) is 0 Å². The summed E-state index contributed by atoms with van der Waals surface area (Å²) < 4.78 is 31.0. The number of amides is 1. The van der Waals surface area contributed by atoms with E-state index < -0.39 is 34.5 Å². The molecule has 7 nitrogen and oxygen atoms in total. The average molecular weight is 396 g/mol. The first-order valence-electron chi connectivity index (χ1n) is 7.52. The summed E-state index contributed by atoms with van der Waals surface area (Å²) in [4.78, 5) is 35.0. The van der Waals surface area contributed by atoms with Gasteiger partial charge in [0, 0.05) is 17.8 Å². The molecule has 10 heteroatoms. The van der Waals surface area contributed by atoms with Crippen LogP contribution in [-0.4, -0.2) is 29.2 Å². The fourth-order valence-corrected chi connectivity index (χ4v) is 2.61. The molecule has 0 aliphatic heterocycles. The number of nitro groups is 1. The SMILES string of the molecule is CSc1ccc(C(=O)O[C@@H](C)C(=O)Nc2ccc(F)c(F)c2)cc1[N+](=O)[O-]. The highest BCUT2D eigenvalue weighted by molar-refractivity contribution is 7.98. The number of hydrogen-bond acceptors (Lipinski definition) is 6. The van der Waals surface area contributed by atoms with E-state index in [2.05, 4.69) is 5.32 Å². The molecular formula is C17H14F2N2O5S. The number of hydrogen-bond donors (Lipinski definition) is 1. The average Bonchev–Trinajstić information content (AvgIpc) is 2.63. The van der Waals surface area contributed by atoms with Crippen molar-refractivity contribution in [2.75, 3.05) is 11.6 Å². The van der Waals surface area contributed by atoms with Crippen molar-refractivity contribution in [3.05, 3.63) is 63.7 Å². The molecule has 142 valence electrons. The highest BCUT2D eigenvalue weighted by Gasteiger charge is 2.22. The van der Waals surface area contributed by atoms with E-state index in [0.29, 0.717) is 4.90 Å². The number of nitrogens with one attached hydrogen (secondary N) is 1. The lowest BCUT2D eigenvalue weighted by Crippen LogP contribution is -2.30. The van der Waals surface area contributed by atoms with Crippen molar-refractivity contribution in [2.45, 2.75) is 17.9 Å². The maximum atomic E-state index is 13.2. The van der Waals surface area contributed by atoms with Gasteiger partial charge >= 0.3 is 5.97 Å². The van der Waals surface area contributed by atoms with E-state index in [0.717, 1.165) is 36.0 Å². The van der Waals surface area contributed by atoms with Crippen LogP contribution in [0.2, 0.25) is 0 Å². The molecule has 1 atom stereocenters. The van der Waals surface area contributed by atoms with E-state index in [1.807, 2.05) is 0 Å². The Morgan fingerprint density at radius 3 is 2.48 bits per heavy atom. The molecule has 0 bridgehead atoms. The highest BCUT2D eigenvalue weighted by atomic mass is 32.2. The van der Waals surface area contributed by atoms with Crippen LogP contribution in [0.25, 0.3) is 0 Å². The Labute approximate surface area is 156 Å². The first kappa shape index (κ1) is 20.3. The predicted octanol–water partition coefficient (Wildman–Crippen LogP) is 3.78. The monoisotopic (exact) mass is 396 g/mol. The minimum atomic E-state index is -1.27. The number of rotatable bonds is 6. The van der Waals surface area contributed by atoms with Crippen LogP contribution in [0.15, 0.2) is 41.3 Å². The summed E-state index contributed by atoms with van der Waals surface area (Å²) in [5, 5.41) is 13.3. The second-order valence-electron chi connectivity index (χ2n) is 5.31. The van der Waals surface area contributed by atoms with Crippen molar-refractivity contribution < 1.29 is 28.0 Å². The smallest absolute Gasteiger partial charge is 0.339 e. The molecule has 0 spiro atoms. The van der Waals surface area contributed by atoms with E-state index in [1.54, 1.807) is 6.26 Å². The first-order valence-corrected chi connectivity index (χ1v) is 8.74. The van der Waals surface area contributed by atoms with Crippen LogP contribution in [-0.2, 0) is 9.53 Å². The Morgan fingerprint density at radius 2 is 1.89 bits per heavy atom. The van der Waals surface area contributed by atoms with Crippen LogP contribution in [0.3, 0.4) is 0 Å². The van der Waals surface area contributed by atoms with Gasteiger partial charge in [-0.15, -0.1) is 11.8 Å². The largest absolute Gasteiger partial charge is 0.449 e. The Hall–Kier alpha value is -3.01. The molecule has 0 unspecified atom stereocenters. The van der Waals surface area contributed by atoms with Crippen molar-refractivity contribution in [3.63, 3.8) is 0 Å². The molecule has 0 saturated heterocycles. The molecule has 1 amide bonds. The summed E-state index contributed by atoms with van der Waals surface area (Å²) >= 11 is 1.15. The maximum absolute atomic E-state index is 13.2. The Morgan fingerprint density at radius 1 is 1.19 bits per heavy atom. The van der Waals surface area contributed by atoms with Crippen molar-refractivity contribution in [1.29, 1.82) is 0 Å². The fourth-order valence-electron chi connectivity index (χ4n) is 2.06. The summed E-state index contributed by atoms with van der Waals surface area (Å²) in [6.07, 6.45) is 0.385. The first-order chi connectivity index (χ1) is 12.7. The summed E-state index contributed by atoms with van der Waals surface area (Å²) in [6.45, 7) is 1.28. The molecule has 0 aromatic heterocycles. The number of esters is 1. The van der Waals surface area contributed by atoms with Crippen molar-refractivity contribution in [3.8, 4) is 0 Å². The molecule has 0 heterocycles. The fraction of sp³-hybridized carbons (Fsp3) is 0.176. The van der Waals surface area contributed by atoms with Gasteiger partial charge in [-0.3, -0.25) is 14.9 Å². The van der Waals surface area contributed by atoms with Gasteiger partial charge in [-0.25, -0.2) is 13.6 Å². The molecule has 0 fully saturated rings. The molecule has 0 aliphatic carbocycles. The van der Waals surface area contributed by atoms with Gasteiger partial charge in [-0.05, 0) is 37.4 Å². The lowest BCUT2D eigenvalue weighted by atomic mass is 10.2. The number of nitro benzene ring substituents is 1. The normalized spacial score (nSPS) is 11.6. The molecule has 0 radical (unpaired) electrons. The summed E-state index contributed by atoms with van der Waals surface area (Å²) in [5.74, 6) is -3.91. The zero-order chi connectivity index (χ0) is 20.1. The summed E-state index contributed by atoms with van der Waals surface area (Å²) in [5.41, 5.74) is -0.357. The molecule has 27 heavy (non-hydrogen) atoms.